The van der Waals surface area contributed by atoms with Crippen LogP contribution in [0.4, 0.5) is 5.69 Å². The standard InChI is InChI=1S/C27H21ClN6O4/c28-21-8-11-23(34-16-29-31-32-34)19(13-21)7-12-25(35)33-15-20-4-2-1-3-18(20)14-24(33)26(36)30-22-9-5-17(6-10-22)27(37)38/h1-13,16,24H,14-15H2,(H,30,36)(H,37,38)/t24-/m1/s1. The molecular weight excluding hydrogens is 508 g/mol. The van der Waals surface area contributed by atoms with Gasteiger partial charge in [0.15, 0.2) is 0 Å². The molecule has 1 aliphatic rings. The minimum absolute atomic E-state index is 0.110. The van der Waals surface area contributed by atoms with Crippen LogP contribution in [0, 0.1) is 0 Å². The Labute approximate surface area is 222 Å². The lowest BCUT2D eigenvalue weighted by atomic mass is 9.93. The number of aromatic carboxylic acids is 1. The van der Waals surface area contributed by atoms with E-state index < -0.39 is 12.0 Å². The molecule has 1 aromatic heterocycles. The molecule has 2 amide bonds. The lowest BCUT2D eigenvalue weighted by Gasteiger charge is -2.35. The number of carboxylic acids is 1. The third-order valence-electron chi connectivity index (χ3n) is 6.22. The summed E-state index contributed by atoms with van der Waals surface area (Å²) in [5, 5.41) is 23.6. The summed E-state index contributed by atoms with van der Waals surface area (Å²) >= 11 is 6.19. The monoisotopic (exact) mass is 528 g/mol. The number of hydrogen-bond acceptors (Lipinski definition) is 6. The van der Waals surface area contributed by atoms with Gasteiger partial charge in [0.2, 0.25) is 11.8 Å². The van der Waals surface area contributed by atoms with Gasteiger partial charge >= 0.3 is 5.97 Å². The van der Waals surface area contributed by atoms with Crippen LogP contribution in [0.15, 0.2) is 79.1 Å². The second kappa shape index (κ2) is 10.7. The van der Waals surface area contributed by atoms with Crippen LogP contribution in [0.3, 0.4) is 0 Å². The summed E-state index contributed by atoms with van der Waals surface area (Å²) in [5.41, 5.74) is 3.74. The molecular formula is C27H21ClN6O4. The Morgan fingerprint density at radius 3 is 2.50 bits per heavy atom. The normalized spacial score (nSPS) is 14.8. The van der Waals surface area contributed by atoms with Crippen molar-refractivity contribution in [2.75, 3.05) is 5.32 Å². The van der Waals surface area contributed by atoms with Gasteiger partial charge in [-0.3, -0.25) is 9.59 Å². The Kier molecular flexibility index (Phi) is 6.96. The minimum atomic E-state index is -1.06. The van der Waals surface area contributed by atoms with E-state index in [9.17, 15) is 14.4 Å². The van der Waals surface area contributed by atoms with Gasteiger partial charge in [-0.05, 0) is 70.1 Å². The molecule has 0 radical (unpaired) electrons. The largest absolute Gasteiger partial charge is 0.478 e. The van der Waals surface area contributed by atoms with Gasteiger partial charge in [0.25, 0.3) is 0 Å². The first-order valence-corrected chi connectivity index (χ1v) is 12.0. The van der Waals surface area contributed by atoms with E-state index in [0.29, 0.717) is 28.4 Å². The molecule has 0 saturated carbocycles. The average molecular weight is 529 g/mol. The van der Waals surface area contributed by atoms with E-state index in [2.05, 4.69) is 20.8 Å². The van der Waals surface area contributed by atoms with Crippen molar-refractivity contribution in [3.05, 3.63) is 106 Å². The Balaban J connectivity index is 1.41. The quantitative estimate of drug-likeness (QED) is 0.365. The van der Waals surface area contributed by atoms with E-state index in [1.54, 1.807) is 24.3 Å². The summed E-state index contributed by atoms with van der Waals surface area (Å²) < 4.78 is 1.46. The fourth-order valence-electron chi connectivity index (χ4n) is 4.31. The minimum Gasteiger partial charge on any atom is -0.478 e. The van der Waals surface area contributed by atoms with Crippen LogP contribution in [0.1, 0.15) is 27.0 Å². The van der Waals surface area contributed by atoms with Gasteiger partial charge in [-0.2, -0.15) is 4.68 Å². The predicted octanol–water partition coefficient (Wildman–Crippen LogP) is 3.62. The van der Waals surface area contributed by atoms with E-state index in [-0.39, 0.29) is 23.9 Å². The molecule has 0 unspecified atom stereocenters. The zero-order valence-corrected chi connectivity index (χ0v) is 20.6. The van der Waals surface area contributed by atoms with E-state index in [1.807, 2.05) is 24.3 Å². The van der Waals surface area contributed by atoms with Crippen LogP contribution in [-0.4, -0.2) is 54.0 Å². The number of halogens is 1. The number of anilines is 1. The van der Waals surface area contributed by atoms with Crippen LogP contribution < -0.4 is 5.32 Å². The maximum Gasteiger partial charge on any atom is 0.335 e. The summed E-state index contributed by atoms with van der Waals surface area (Å²) in [6.45, 7) is 0.255. The molecule has 38 heavy (non-hydrogen) atoms. The lowest BCUT2D eigenvalue weighted by molar-refractivity contribution is -0.135. The summed E-state index contributed by atoms with van der Waals surface area (Å²) in [4.78, 5) is 39.5. The highest BCUT2D eigenvalue weighted by molar-refractivity contribution is 6.30. The van der Waals surface area contributed by atoms with Crippen molar-refractivity contribution in [1.29, 1.82) is 0 Å². The van der Waals surface area contributed by atoms with E-state index in [0.717, 1.165) is 11.1 Å². The highest BCUT2D eigenvalue weighted by atomic mass is 35.5. The van der Waals surface area contributed by atoms with Crippen LogP contribution in [0.5, 0.6) is 0 Å². The van der Waals surface area contributed by atoms with Crippen molar-refractivity contribution >= 4 is 41.1 Å². The lowest BCUT2D eigenvalue weighted by Crippen LogP contribution is -2.50. The molecule has 10 nitrogen and oxygen atoms in total. The predicted molar refractivity (Wildman–Crippen MR) is 140 cm³/mol. The molecule has 3 aromatic carbocycles. The van der Waals surface area contributed by atoms with Crippen molar-refractivity contribution < 1.29 is 19.5 Å². The molecule has 2 N–H and O–H groups in total. The van der Waals surface area contributed by atoms with Crippen molar-refractivity contribution in [2.24, 2.45) is 0 Å². The second-order valence-corrected chi connectivity index (χ2v) is 9.05. The number of rotatable bonds is 6. The SMILES string of the molecule is O=C(O)c1ccc(NC(=O)[C@H]2Cc3ccccc3CN2C(=O)C=Cc2cc(Cl)ccc2-n2cnnn2)cc1. The molecule has 5 rings (SSSR count). The third kappa shape index (κ3) is 5.30. The summed E-state index contributed by atoms with van der Waals surface area (Å²) in [6, 6.07) is 17.9. The van der Waals surface area contributed by atoms with Gasteiger partial charge in [0, 0.05) is 35.3 Å². The molecule has 1 aliphatic heterocycles. The first-order chi connectivity index (χ1) is 18.4. The zero-order valence-electron chi connectivity index (χ0n) is 19.9. The number of carbonyl (C=O) groups is 3. The van der Waals surface area contributed by atoms with Crippen molar-refractivity contribution in [3.8, 4) is 5.69 Å². The van der Waals surface area contributed by atoms with Crippen LogP contribution >= 0.6 is 11.6 Å². The van der Waals surface area contributed by atoms with Crippen LogP contribution in [0.2, 0.25) is 5.02 Å². The zero-order chi connectivity index (χ0) is 26.6. The van der Waals surface area contributed by atoms with Gasteiger partial charge in [-0.1, -0.05) is 35.9 Å². The van der Waals surface area contributed by atoms with Crippen molar-refractivity contribution in [1.82, 2.24) is 25.1 Å². The smallest absolute Gasteiger partial charge is 0.335 e. The van der Waals surface area contributed by atoms with Gasteiger partial charge in [0.05, 0.1) is 11.3 Å². The number of benzene rings is 3. The summed E-state index contributed by atoms with van der Waals surface area (Å²) in [5.74, 6) is -1.79. The fourth-order valence-corrected chi connectivity index (χ4v) is 4.49. The summed E-state index contributed by atoms with van der Waals surface area (Å²) in [6.07, 6.45) is 4.79. The number of nitrogens with zero attached hydrogens (tertiary/aromatic N) is 5. The van der Waals surface area contributed by atoms with E-state index >= 15 is 0 Å². The number of nitrogens with one attached hydrogen (secondary N) is 1. The van der Waals surface area contributed by atoms with Gasteiger partial charge in [0.1, 0.15) is 12.4 Å². The molecule has 1 atom stereocenters. The Hall–Kier alpha value is -4.83. The number of aromatic nitrogens is 4. The molecule has 4 aromatic rings. The maximum absolute atomic E-state index is 13.5. The molecule has 0 spiro atoms. The highest BCUT2D eigenvalue weighted by Crippen LogP contribution is 2.26. The Morgan fingerprint density at radius 1 is 1.03 bits per heavy atom. The molecule has 190 valence electrons. The molecule has 0 fully saturated rings. The number of hydrogen-bond donors (Lipinski definition) is 2. The average Bonchev–Trinajstić information content (AvgIpc) is 3.46. The second-order valence-electron chi connectivity index (χ2n) is 8.62. The van der Waals surface area contributed by atoms with Crippen molar-refractivity contribution in [2.45, 2.75) is 19.0 Å². The molecule has 0 bridgehead atoms. The molecule has 0 saturated heterocycles. The van der Waals surface area contributed by atoms with Gasteiger partial charge in [-0.15, -0.1) is 5.10 Å². The first-order valence-electron chi connectivity index (χ1n) is 11.6. The first kappa shape index (κ1) is 24.8. The molecule has 0 aliphatic carbocycles. The van der Waals surface area contributed by atoms with E-state index in [4.69, 9.17) is 16.7 Å². The topological polar surface area (TPSA) is 130 Å². The van der Waals surface area contributed by atoms with Gasteiger partial charge < -0.3 is 15.3 Å². The highest BCUT2D eigenvalue weighted by Gasteiger charge is 2.33. The van der Waals surface area contributed by atoms with Crippen LogP contribution in [0.25, 0.3) is 11.8 Å². The van der Waals surface area contributed by atoms with Crippen molar-refractivity contribution in [3.63, 3.8) is 0 Å². The fraction of sp³-hybridized carbons (Fsp3) is 0.111. The summed E-state index contributed by atoms with van der Waals surface area (Å²) in [7, 11) is 0. The molecule has 2 heterocycles. The van der Waals surface area contributed by atoms with Crippen LogP contribution in [-0.2, 0) is 22.6 Å². The maximum atomic E-state index is 13.5. The molecule has 11 heteroatoms. The number of carboxylic acid groups (broad SMARTS) is 1. The number of amides is 2. The number of tetrazole rings is 1. The Morgan fingerprint density at radius 2 is 1.79 bits per heavy atom. The number of carbonyl (C=O) groups excluding carboxylic acids is 2. The Bertz CT molecular complexity index is 1540. The van der Waals surface area contributed by atoms with E-state index in [1.165, 1.54) is 46.3 Å². The van der Waals surface area contributed by atoms with Gasteiger partial charge in [-0.25, -0.2) is 4.79 Å². The number of fused-ring (bicyclic) bond motifs is 1. The third-order valence-corrected chi connectivity index (χ3v) is 6.46.